The number of para-hydroxylation sites is 1. The highest BCUT2D eigenvalue weighted by Crippen LogP contribution is 2.33. The molecule has 0 fully saturated rings. The van der Waals surface area contributed by atoms with Gasteiger partial charge in [-0.05, 0) is 25.5 Å². The van der Waals surface area contributed by atoms with Crippen molar-refractivity contribution in [2.45, 2.75) is 26.4 Å². The third kappa shape index (κ3) is 3.19. The second kappa shape index (κ2) is 6.19. The van der Waals surface area contributed by atoms with Gasteiger partial charge in [0.2, 0.25) is 0 Å². The van der Waals surface area contributed by atoms with Crippen molar-refractivity contribution in [3.63, 3.8) is 0 Å². The molecule has 3 heteroatoms. The highest BCUT2D eigenvalue weighted by Gasteiger charge is 2.15. The Hall–Kier alpha value is -2.00. The largest absolute Gasteiger partial charge is 0.486 e. The Morgan fingerprint density at radius 2 is 1.81 bits per heavy atom. The second-order valence-corrected chi connectivity index (χ2v) is 5.45. The van der Waals surface area contributed by atoms with Crippen LogP contribution in [0.3, 0.4) is 0 Å². The van der Waals surface area contributed by atoms with Gasteiger partial charge >= 0.3 is 0 Å². The summed E-state index contributed by atoms with van der Waals surface area (Å²) < 4.78 is 11.4. The number of ether oxygens (including phenoxy) is 2. The summed E-state index contributed by atoms with van der Waals surface area (Å²) in [5, 5.41) is 3.55. The van der Waals surface area contributed by atoms with Crippen LogP contribution < -0.4 is 14.8 Å². The fraction of sp³-hybridized carbons (Fsp3) is 0.333. The Balaban J connectivity index is 1.69. The van der Waals surface area contributed by atoms with Crippen LogP contribution in [0.15, 0.2) is 42.5 Å². The molecular weight excluding hydrogens is 262 g/mol. The minimum absolute atomic E-state index is 0.297. The van der Waals surface area contributed by atoms with Gasteiger partial charge in [-0.15, -0.1) is 0 Å². The highest BCUT2D eigenvalue weighted by atomic mass is 16.6. The average molecular weight is 283 g/mol. The Bertz CT molecular complexity index is 607. The lowest BCUT2D eigenvalue weighted by atomic mass is 10.1. The van der Waals surface area contributed by atoms with Gasteiger partial charge in [-0.25, -0.2) is 0 Å². The Labute approximate surface area is 125 Å². The molecule has 1 aliphatic rings. The van der Waals surface area contributed by atoms with Crippen LogP contribution in [-0.2, 0) is 6.54 Å². The molecule has 1 heterocycles. The summed E-state index contributed by atoms with van der Waals surface area (Å²) in [6, 6.07) is 15.0. The maximum Gasteiger partial charge on any atom is 0.165 e. The summed E-state index contributed by atoms with van der Waals surface area (Å²) in [6.45, 7) is 6.30. The number of fused-ring (bicyclic) bond motifs is 1. The Morgan fingerprint density at radius 1 is 1.05 bits per heavy atom. The van der Waals surface area contributed by atoms with E-state index in [1.54, 1.807) is 0 Å². The first-order valence-corrected chi connectivity index (χ1v) is 7.41. The smallest absolute Gasteiger partial charge is 0.165 e. The fourth-order valence-electron chi connectivity index (χ4n) is 2.51. The van der Waals surface area contributed by atoms with Gasteiger partial charge in [0, 0.05) is 18.2 Å². The predicted octanol–water partition coefficient (Wildman–Crippen LogP) is 3.62. The predicted molar refractivity (Wildman–Crippen MR) is 83.9 cm³/mol. The van der Waals surface area contributed by atoms with Gasteiger partial charge in [-0.1, -0.05) is 42.0 Å². The van der Waals surface area contributed by atoms with E-state index in [0.717, 1.165) is 23.6 Å². The van der Waals surface area contributed by atoms with Crippen LogP contribution in [0, 0.1) is 6.92 Å². The fourth-order valence-corrected chi connectivity index (χ4v) is 2.51. The molecule has 1 aliphatic heterocycles. The van der Waals surface area contributed by atoms with E-state index in [-0.39, 0.29) is 0 Å². The van der Waals surface area contributed by atoms with Crippen molar-refractivity contribution < 1.29 is 9.47 Å². The maximum atomic E-state index is 5.74. The minimum atomic E-state index is 0.297. The monoisotopic (exact) mass is 283 g/mol. The van der Waals surface area contributed by atoms with Gasteiger partial charge < -0.3 is 14.8 Å². The topological polar surface area (TPSA) is 30.5 Å². The van der Waals surface area contributed by atoms with Gasteiger partial charge in [0.05, 0.1) is 0 Å². The molecule has 0 aliphatic carbocycles. The quantitative estimate of drug-likeness (QED) is 0.929. The average Bonchev–Trinajstić information content (AvgIpc) is 2.53. The molecule has 3 rings (SSSR count). The maximum absolute atomic E-state index is 5.74. The lowest BCUT2D eigenvalue weighted by Gasteiger charge is -2.22. The van der Waals surface area contributed by atoms with Crippen molar-refractivity contribution in [3.05, 3.63) is 59.2 Å². The van der Waals surface area contributed by atoms with Crippen LogP contribution in [0.2, 0.25) is 0 Å². The van der Waals surface area contributed by atoms with Crippen LogP contribution in [0.4, 0.5) is 0 Å². The Morgan fingerprint density at radius 3 is 2.62 bits per heavy atom. The molecule has 21 heavy (non-hydrogen) atoms. The molecule has 110 valence electrons. The van der Waals surface area contributed by atoms with E-state index >= 15 is 0 Å². The third-order valence-electron chi connectivity index (χ3n) is 3.82. The molecule has 2 aromatic carbocycles. The standard InChI is InChI=1S/C18H21NO2/c1-13-6-8-15(9-7-13)14(2)19-12-16-4-3-5-17-18(16)21-11-10-20-17/h3-9,14,19H,10-12H2,1-2H3/t14-/m0/s1. The zero-order valence-corrected chi connectivity index (χ0v) is 12.6. The van der Waals surface area contributed by atoms with Crippen LogP contribution in [-0.4, -0.2) is 13.2 Å². The van der Waals surface area contributed by atoms with E-state index in [2.05, 4.69) is 49.5 Å². The molecule has 0 saturated carbocycles. The van der Waals surface area contributed by atoms with E-state index in [1.807, 2.05) is 12.1 Å². The van der Waals surface area contributed by atoms with E-state index in [0.29, 0.717) is 19.3 Å². The zero-order chi connectivity index (χ0) is 14.7. The summed E-state index contributed by atoms with van der Waals surface area (Å²) >= 11 is 0. The van der Waals surface area contributed by atoms with Gasteiger partial charge in [-0.2, -0.15) is 0 Å². The number of rotatable bonds is 4. The number of hydrogen-bond donors (Lipinski definition) is 1. The molecule has 0 unspecified atom stereocenters. The van der Waals surface area contributed by atoms with E-state index in [1.165, 1.54) is 11.1 Å². The van der Waals surface area contributed by atoms with Crippen molar-refractivity contribution in [3.8, 4) is 11.5 Å². The number of nitrogens with one attached hydrogen (secondary N) is 1. The van der Waals surface area contributed by atoms with Gasteiger partial charge in [-0.3, -0.25) is 0 Å². The second-order valence-electron chi connectivity index (χ2n) is 5.45. The molecule has 0 radical (unpaired) electrons. The van der Waals surface area contributed by atoms with Crippen LogP contribution >= 0.6 is 0 Å². The molecular formula is C18H21NO2. The third-order valence-corrected chi connectivity index (χ3v) is 3.82. The molecule has 3 nitrogen and oxygen atoms in total. The van der Waals surface area contributed by atoms with Crippen LogP contribution in [0.5, 0.6) is 11.5 Å². The van der Waals surface area contributed by atoms with Crippen molar-refractivity contribution in [1.82, 2.24) is 5.32 Å². The minimum Gasteiger partial charge on any atom is -0.486 e. The molecule has 0 saturated heterocycles. The van der Waals surface area contributed by atoms with E-state index < -0.39 is 0 Å². The lowest BCUT2D eigenvalue weighted by Crippen LogP contribution is -2.21. The molecule has 0 spiro atoms. The molecule has 0 aromatic heterocycles. The first-order valence-electron chi connectivity index (χ1n) is 7.41. The highest BCUT2D eigenvalue weighted by molar-refractivity contribution is 5.47. The lowest BCUT2D eigenvalue weighted by molar-refractivity contribution is 0.169. The van der Waals surface area contributed by atoms with Crippen LogP contribution in [0.1, 0.15) is 29.7 Å². The number of benzene rings is 2. The molecule has 0 bridgehead atoms. The van der Waals surface area contributed by atoms with Gasteiger partial charge in [0.25, 0.3) is 0 Å². The number of hydrogen-bond acceptors (Lipinski definition) is 3. The first-order chi connectivity index (χ1) is 10.2. The molecule has 0 amide bonds. The first kappa shape index (κ1) is 14.0. The summed E-state index contributed by atoms with van der Waals surface area (Å²) in [5.74, 6) is 1.73. The van der Waals surface area contributed by atoms with Gasteiger partial charge in [0.15, 0.2) is 11.5 Å². The van der Waals surface area contributed by atoms with E-state index in [9.17, 15) is 0 Å². The number of aryl methyl sites for hydroxylation is 1. The van der Waals surface area contributed by atoms with Crippen molar-refractivity contribution >= 4 is 0 Å². The van der Waals surface area contributed by atoms with Crippen molar-refractivity contribution in [2.75, 3.05) is 13.2 Å². The van der Waals surface area contributed by atoms with Crippen LogP contribution in [0.25, 0.3) is 0 Å². The Kier molecular flexibility index (Phi) is 4.11. The van der Waals surface area contributed by atoms with Crippen molar-refractivity contribution in [2.24, 2.45) is 0 Å². The summed E-state index contributed by atoms with van der Waals surface area (Å²) in [4.78, 5) is 0. The van der Waals surface area contributed by atoms with Crippen molar-refractivity contribution in [1.29, 1.82) is 0 Å². The summed E-state index contributed by atoms with van der Waals surface area (Å²) in [6.07, 6.45) is 0. The van der Waals surface area contributed by atoms with E-state index in [4.69, 9.17) is 9.47 Å². The summed E-state index contributed by atoms with van der Waals surface area (Å²) in [7, 11) is 0. The molecule has 2 aromatic rings. The zero-order valence-electron chi connectivity index (χ0n) is 12.6. The summed E-state index contributed by atoms with van der Waals surface area (Å²) in [5.41, 5.74) is 3.72. The molecule has 1 N–H and O–H groups in total. The van der Waals surface area contributed by atoms with Gasteiger partial charge in [0.1, 0.15) is 13.2 Å². The molecule has 1 atom stereocenters. The SMILES string of the molecule is Cc1ccc([C@H](C)NCc2cccc3c2OCCO3)cc1. The normalized spacial score (nSPS) is 14.8.